The number of benzene rings is 1. The number of ether oxygens (including phenoxy) is 2. The Morgan fingerprint density at radius 1 is 1.21 bits per heavy atom. The molecule has 4 nitrogen and oxygen atoms in total. The van der Waals surface area contributed by atoms with E-state index in [4.69, 9.17) is 9.47 Å². The quantitative estimate of drug-likeness (QED) is 0.638. The van der Waals surface area contributed by atoms with Crippen molar-refractivity contribution in [1.82, 2.24) is 0 Å². The van der Waals surface area contributed by atoms with Crippen molar-refractivity contribution in [3.8, 4) is 0 Å². The van der Waals surface area contributed by atoms with Crippen LogP contribution in [0.2, 0.25) is 0 Å². The van der Waals surface area contributed by atoms with Crippen LogP contribution in [0.5, 0.6) is 0 Å². The second-order valence-corrected chi connectivity index (χ2v) is 7.65. The van der Waals surface area contributed by atoms with Crippen molar-refractivity contribution < 1.29 is 19.4 Å². The van der Waals surface area contributed by atoms with Crippen molar-refractivity contribution in [1.29, 1.82) is 0 Å². The van der Waals surface area contributed by atoms with Crippen LogP contribution in [-0.4, -0.2) is 36.0 Å². The highest BCUT2D eigenvalue weighted by molar-refractivity contribution is 5.71. The first kappa shape index (κ1) is 18.9. The van der Waals surface area contributed by atoms with Crippen LogP contribution in [0.4, 0.5) is 0 Å². The minimum absolute atomic E-state index is 0.00465. The largest absolute Gasteiger partial charge is 0.458 e. The first-order valence-electron chi connectivity index (χ1n) is 8.90. The van der Waals surface area contributed by atoms with Crippen molar-refractivity contribution >= 4 is 5.97 Å². The molecule has 24 heavy (non-hydrogen) atoms. The number of aliphatic hydroxyl groups is 1. The number of hydrogen-bond donors (Lipinski definition) is 1. The molecule has 134 valence electrons. The molecule has 0 saturated heterocycles. The fourth-order valence-electron chi connectivity index (χ4n) is 3.14. The second kappa shape index (κ2) is 8.63. The first-order valence-corrected chi connectivity index (χ1v) is 8.90. The molecule has 1 aliphatic carbocycles. The van der Waals surface area contributed by atoms with Crippen LogP contribution in [0.1, 0.15) is 63.5 Å². The molecule has 4 heteroatoms. The van der Waals surface area contributed by atoms with E-state index in [1.807, 2.05) is 20.8 Å². The maximum atomic E-state index is 11.5. The number of rotatable bonds is 6. The molecule has 1 fully saturated rings. The van der Waals surface area contributed by atoms with Crippen LogP contribution in [0, 0.1) is 0 Å². The van der Waals surface area contributed by atoms with Gasteiger partial charge < -0.3 is 14.6 Å². The summed E-state index contributed by atoms with van der Waals surface area (Å²) in [6, 6.07) is 8.55. The Kier molecular flexibility index (Phi) is 6.81. The molecule has 0 unspecified atom stereocenters. The van der Waals surface area contributed by atoms with E-state index < -0.39 is 5.60 Å². The average molecular weight is 334 g/mol. The summed E-state index contributed by atoms with van der Waals surface area (Å²) in [7, 11) is 0. The van der Waals surface area contributed by atoms with E-state index >= 15 is 0 Å². The van der Waals surface area contributed by atoms with Crippen molar-refractivity contribution in [2.75, 3.05) is 13.2 Å². The van der Waals surface area contributed by atoms with Gasteiger partial charge in [-0.3, -0.25) is 0 Å². The van der Waals surface area contributed by atoms with Crippen LogP contribution in [0.3, 0.4) is 0 Å². The van der Waals surface area contributed by atoms with Gasteiger partial charge in [-0.15, -0.1) is 0 Å². The number of aliphatic hydroxyl groups excluding tert-OH is 1. The van der Waals surface area contributed by atoms with Gasteiger partial charge in [0.05, 0.1) is 12.7 Å². The van der Waals surface area contributed by atoms with Crippen LogP contribution in [0.15, 0.2) is 24.3 Å². The van der Waals surface area contributed by atoms with E-state index in [1.165, 1.54) is 11.1 Å². The van der Waals surface area contributed by atoms with Gasteiger partial charge in [0, 0.05) is 0 Å². The first-order chi connectivity index (χ1) is 11.3. The molecule has 0 bridgehead atoms. The van der Waals surface area contributed by atoms with Gasteiger partial charge in [-0.2, -0.15) is 0 Å². The van der Waals surface area contributed by atoms with Gasteiger partial charge in [-0.25, -0.2) is 4.79 Å². The molecule has 2 atom stereocenters. The zero-order valence-corrected chi connectivity index (χ0v) is 15.1. The monoisotopic (exact) mass is 334 g/mol. The van der Waals surface area contributed by atoms with Gasteiger partial charge in [0.25, 0.3) is 0 Å². The molecule has 0 radical (unpaired) electrons. The van der Waals surface area contributed by atoms with Crippen LogP contribution < -0.4 is 0 Å². The Morgan fingerprint density at radius 3 is 2.54 bits per heavy atom. The molecular weight excluding hydrogens is 304 g/mol. The predicted molar refractivity (Wildman–Crippen MR) is 94.0 cm³/mol. The normalized spacial score (nSPS) is 21.5. The van der Waals surface area contributed by atoms with Gasteiger partial charge in [-0.05, 0) is 63.5 Å². The fraction of sp³-hybridized carbons (Fsp3) is 0.650. The van der Waals surface area contributed by atoms with Crippen molar-refractivity contribution in [3.63, 3.8) is 0 Å². The molecule has 1 aromatic carbocycles. The molecule has 1 aromatic rings. The van der Waals surface area contributed by atoms with Crippen LogP contribution in [-0.2, 0) is 20.7 Å². The van der Waals surface area contributed by atoms with Crippen molar-refractivity contribution in [2.24, 2.45) is 0 Å². The molecule has 0 aromatic heterocycles. The second-order valence-electron chi connectivity index (χ2n) is 7.65. The Labute approximate surface area is 145 Å². The molecule has 0 aliphatic heterocycles. The van der Waals surface area contributed by atoms with Gasteiger partial charge in [-0.1, -0.05) is 30.7 Å². The highest BCUT2D eigenvalue weighted by Gasteiger charge is 2.21. The number of esters is 1. The molecule has 1 N–H and O–H groups in total. The molecular formula is C20H30O4. The maximum Gasteiger partial charge on any atom is 0.332 e. The van der Waals surface area contributed by atoms with Gasteiger partial charge in [0.2, 0.25) is 0 Å². The predicted octanol–water partition coefficient (Wildman–Crippen LogP) is 3.61. The van der Waals surface area contributed by atoms with Gasteiger partial charge in [0.1, 0.15) is 12.2 Å². The smallest absolute Gasteiger partial charge is 0.332 e. The average Bonchev–Trinajstić information content (AvgIpc) is 2.50. The lowest BCUT2D eigenvalue weighted by atomic mass is 9.82. The molecule has 0 spiro atoms. The summed E-state index contributed by atoms with van der Waals surface area (Å²) in [6.45, 7) is 6.03. The van der Waals surface area contributed by atoms with Gasteiger partial charge in [0.15, 0.2) is 0 Å². The summed E-state index contributed by atoms with van der Waals surface area (Å²) in [5.74, 6) is 0.153. The van der Waals surface area contributed by atoms with Crippen LogP contribution in [0.25, 0.3) is 0 Å². The topological polar surface area (TPSA) is 55.8 Å². The third kappa shape index (κ3) is 6.62. The highest BCUT2D eigenvalue weighted by Crippen LogP contribution is 2.32. The summed E-state index contributed by atoms with van der Waals surface area (Å²) in [5, 5.41) is 9.80. The van der Waals surface area contributed by atoms with Crippen LogP contribution >= 0.6 is 0 Å². The molecule has 0 amide bonds. The summed E-state index contributed by atoms with van der Waals surface area (Å²) in [4.78, 5) is 11.5. The lowest BCUT2D eigenvalue weighted by Gasteiger charge is -2.26. The van der Waals surface area contributed by atoms with E-state index in [9.17, 15) is 9.90 Å². The van der Waals surface area contributed by atoms with E-state index in [-0.39, 0.29) is 18.7 Å². The fourth-order valence-corrected chi connectivity index (χ4v) is 3.14. The number of carbonyl (C=O) groups is 1. The van der Waals surface area contributed by atoms with E-state index in [2.05, 4.69) is 24.3 Å². The van der Waals surface area contributed by atoms with Gasteiger partial charge >= 0.3 is 5.97 Å². The SMILES string of the molecule is CC(C)(C)OC(=O)COCCc1ccc([C@@H]2CCC[C@@H](O)C2)cc1. The number of hydrogen-bond acceptors (Lipinski definition) is 4. The summed E-state index contributed by atoms with van der Waals surface area (Å²) < 4.78 is 10.6. The summed E-state index contributed by atoms with van der Waals surface area (Å²) >= 11 is 0. The summed E-state index contributed by atoms with van der Waals surface area (Å²) in [6.07, 6.45) is 4.70. The van der Waals surface area contributed by atoms with Crippen molar-refractivity contribution in [2.45, 2.75) is 70.5 Å². The standard InChI is InChI=1S/C20H30O4/c1-20(2,3)24-19(22)14-23-12-11-15-7-9-16(10-8-15)17-5-4-6-18(21)13-17/h7-10,17-18,21H,4-6,11-14H2,1-3H3/t17-,18-/m1/s1. The Hall–Kier alpha value is -1.39. The van der Waals surface area contributed by atoms with E-state index in [0.29, 0.717) is 12.5 Å². The molecule has 2 rings (SSSR count). The lowest BCUT2D eigenvalue weighted by molar-refractivity contribution is -0.160. The Balaban J connectivity index is 1.71. The summed E-state index contributed by atoms with van der Waals surface area (Å²) in [5.41, 5.74) is 2.04. The zero-order chi connectivity index (χ0) is 17.6. The van der Waals surface area contributed by atoms with Crippen molar-refractivity contribution in [3.05, 3.63) is 35.4 Å². The maximum absolute atomic E-state index is 11.5. The minimum Gasteiger partial charge on any atom is -0.458 e. The Bertz CT molecular complexity index is 515. The number of carbonyl (C=O) groups excluding carboxylic acids is 1. The Morgan fingerprint density at radius 2 is 1.92 bits per heavy atom. The molecule has 0 heterocycles. The lowest BCUT2D eigenvalue weighted by Crippen LogP contribution is -2.26. The zero-order valence-electron chi connectivity index (χ0n) is 15.1. The minimum atomic E-state index is -0.469. The third-order valence-electron chi connectivity index (χ3n) is 4.27. The van der Waals surface area contributed by atoms with E-state index in [0.717, 1.165) is 32.1 Å². The highest BCUT2D eigenvalue weighted by atomic mass is 16.6. The molecule has 1 aliphatic rings. The molecule has 1 saturated carbocycles. The van der Waals surface area contributed by atoms with E-state index in [1.54, 1.807) is 0 Å². The third-order valence-corrected chi connectivity index (χ3v) is 4.27.